The molecule has 0 aliphatic carbocycles. The Hall–Kier alpha value is -1.08. The first-order chi connectivity index (χ1) is 5.88. The number of benzene rings is 1. The smallest absolute Gasteiger partial charge is 0.103 e. The summed E-state index contributed by atoms with van der Waals surface area (Å²) in [6.45, 7) is 4.80. The van der Waals surface area contributed by atoms with E-state index in [1.165, 1.54) is 11.1 Å². The third-order valence-corrected chi connectivity index (χ3v) is 2.18. The fourth-order valence-electron chi connectivity index (χ4n) is 1.52. The average molecular weight is 160 g/mol. The molecule has 1 heterocycles. The summed E-state index contributed by atoms with van der Waals surface area (Å²) in [6.07, 6.45) is 1.14. The van der Waals surface area contributed by atoms with Crippen LogP contribution in [-0.4, -0.2) is 6.61 Å². The van der Waals surface area contributed by atoms with Gasteiger partial charge in [-0.1, -0.05) is 36.9 Å². The standard InChI is InChI=1S/C11H12O/c1-9-7-8-12-11(9)10-5-3-2-4-6-10/h2-6,11H,1,7-8H2. The van der Waals surface area contributed by atoms with Gasteiger partial charge in [-0.15, -0.1) is 0 Å². The van der Waals surface area contributed by atoms with Crippen LogP contribution in [0.25, 0.3) is 0 Å². The fourth-order valence-corrected chi connectivity index (χ4v) is 1.52. The fraction of sp³-hybridized carbons (Fsp3) is 0.273. The van der Waals surface area contributed by atoms with E-state index < -0.39 is 0 Å². The molecule has 0 N–H and O–H groups in total. The maximum Gasteiger partial charge on any atom is 0.103 e. The SMILES string of the molecule is C=C1CCOC1c1ccccc1. The average Bonchev–Trinajstić information content (AvgIpc) is 2.53. The van der Waals surface area contributed by atoms with Crippen molar-refractivity contribution >= 4 is 0 Å². The molecule has 2 rings (SSSR count). The zero-order valence-corrected chi connectivity index (χ0v) is 6.99. The maximum absolute atomic E-state index is 5.55. The van der Waals surface area contributed by atoms with Gasteiger partial charge in [-0.3, -0.25) is 0 Å². The van der Waals surface area contributed by atoms with Crippen molar-refractivity contribution in [3.63, 3.8) is 0 Å². The minimum Gasteiger partial charge on any atom is -0.369 e. The zero-order chi connectivity index (χ0) is 8.39. The molecule has 1 aromatic rings. The van der Waals surface area contributed by atoms with Crippen molar-refractivity contribution in [2.24, 2.45) is 0 Å². The topological polar surface area (TPSA) is 9.23 Å². The van der Waals surface area contributed by atoms with Gasteiger partial charge in [0.25, 0.3) is 0 Å². The quantitative estimate of drug-likeness (QED) is 0.574. The van der Waals surface area contributed by atoms with Crippen molar-refractivity contribution in [2.45, 2.75) is 12.5 Å². The van der Waals surface area contributed by atoms with E-state index in [1.54, 1.807) is 0 Å². The van der Waals surface area contributed by atoms with Crippen LogP contribution in [-0.2, 0) is 4.74 Å². The Balaban J connectivity index is 2.25. The van der Waals surface area contributed by atoms with Gasteiger partial charge in [0.05, 0.1) is 6.61 Å². The molecule has 0 saturated carbocycles. The molecule has 1 heteroatoms. The summed E-state index contributed by atoms with van der Waals surface area (Å²) in [5, 5.41) is 0. The second-order valence-electron chi connectivity index (χ2n) is 3.07. The molecule has 1 unspecified atom stereocenters. The highest BCUT2D eigenvalue weighted by molar-refractivity contribution is 5.26. The Bertz CT molecular complexity index is 276. The summed E-state index contributed by atoms with van der Waals surface area (Å²) >= 11 is 0. The summed E-state index contributed by atoms with van der Waals surface area (Å²) in [5.74, 6) is 0. The highest BCUT2D eigenvalue weighted by Gasteiger charge is 2.20. The lowest BCUT2D eigenvalue weighted by Gasteiger charge is -2.10. The predicted molar refractivity (Wildman–Crippen MR) is 48.9 cm³/mol. The van der Waals surface area contributed by atoms with Gasteiger partial charge in [-0.25, -0.2) is 0 Å². The predicted octanol–water partition coefficient (Wildman–Crippen LogP) is 2.70. The van der Waals surface area contributed by atoms with Crippen molar-refractivity contribution in [2.75, 3.05) is 6.61 Å². The Kier molecular flexibility index (Phi) is 1.96. The second-order valence-corrected chi connectivity index (χ2v) is 3.07. The van der Waals surface area contributed by atoms with Gasteiger partial charge in [0.15, 0.2) is 0 Å². The number of hydrogen-bond donors (Lipinski definition) is 0. The Morgan fingerprint density at radius 2 is 2.00 bits per heavy atom. The molecule has 1 fully saturated rings. The third kappa shape index (κ3) is 1.28. The van der Waals surface area contributed by atoms with Gasteiger partial charge in [0, 0.05) is 0 Å². The molecule has 1 aliphatic heterocycles. The van der Waals surface area contributed by atoms with E-state index in [0.29, 0.717) is 0 Å². The normalized spacial score (nSPS) is 23.0. The Morgan fingerprint density at radius 3 is 2.58 bits per heavy atom. The van der Waals surface area contributed by atoms with E-state index in [1.807, 2.05) is 18.2 Å². The first kappa shape index (κ1) is 7.56. The van der Waals surface area contributed by atoms with Crippen LogP contribution >= 0.6 is 0 Å². The minimum atomic E-state index is 0.145. The van der Waals surface area contributed by atoms with E-state index in [9.17, 15) is 0 Å². The van der Waals surface area contributed by atoms with E-state index in [2.05, 4.69) is 18.7 Å². The summed E-state index contributed by atoms with van der Waals surface area (Å²) < 4.78 is 5.55. The lowest BCUT2D eigenvalue weighted by atomic mass is 10.0. The Morgan fingerprint density at radius 1 is 1.25 bits per heavy atom. The minimum absolute atomic E-state index is 0.145. The monoisotopic (exact) mass is 160 g/mol. The molecule has 1 saturated heterocycles. The molecule has 0 amide bonds. The molecular weight excluding hydrogens is 148 g/mol. The van der Waals surface area contributed by atoms with Crippen LogP contribution in [0, 0.1) is 0 Å². The van der Waals surface area contributed by atoms with Crippen molar-refractivity contribution < 1.29 is 4.74 Å². The van der Waals surface area contributed by atoms with Crippen LogP contribution in [0.3, 0.4) is 0 Å². The number of hydrogen-bond acceptors (Lipinski definition) is 1. The molecule has 12 heavy (non-hydrogen) atoms. The first-order valence-electron chi connectivity index (χ1n) is 4.22. The molecule has 0 radical (unpaired) electrons. The van der Waals surface area contributed by atoms with Crippen LogP contribution in [0.4, 0.5) is 0 Å². The summed E-state index contributed by atoms with van der Waals surface area (Å²) in [6, 6.07) is 10.2. The molecule has 1 nitrogen and oxygen atoms in total. The lowest BCUT2D eigenvalue weighted by molar-refractivity contribution is 0.125. The molecule has 1 atom stereocenters. The van der Waals surface area contributed by atoms with Crippen LogP contribution in [0.15, 0.2) is 42.5 Å². The van der Waals surface area contributed by atoms with Crippen molar-refractivity contribution in [1.29, 1.82) is 0 Å². The van der Waals surface area contributed by atoms with Gasteiger partial charge in [0.1, 0.15) is 6.10 Å². The second kappa shape index (κ2) is 3.11. The van der Waals surface area contributed by atoms with Gasteiger partial charge in [-0.05, 0) is 17.6 Å². The molecule has 62 valence electrons. The van der Waals surface area contributed by atoms with Gasteiger partial charge >= 0.3 is 0 Å². The van der Waals surface area contributed by atoms with Gasteiger partial charge in [0.2, 0.25) is 0 Å². The molecule has 0 aromatic heterocycles. The Labute approximate surface area is 72.7 Å². The first-order valence-corrected chi connectivity index (χ1v) is 4.22. The van der Waals surface area contributed by atoms with Crippen LogP contribution in [0.5, 0.6) is 0 Å². The maximum atomic E-state index is 5.55. The largest absolute Gasteiger partial charge is 0.369 e. The van der Waals surface area contributed by atoms with Crippen molar-refractivity contribution in [3.8, 4) is 0 Å². The van der Waals surface area contributed by atoms with Crippen LogP contribution in [0.2, 0.25) is 0 Å². The molecular formula is C11H12O. The summed E-state index contributed by atoms with van der Waals surface area (Å²) in [7, 11) is 0. The lowest BCUT2D eigenvalue weighted by Crippen LogP contribution is -1.96. The molecule has 0 spiro atoms. The highest BCUT2D eigenvalue weighted by atomic mass is 16.5. The highest BCUT2D eigenvalue weighted by Crippen LogP contribution is 2.31. The summed E-state index contributed by atoms with van der Waals surface area (Å²) in [5.41, 5.74) is 2.42. The third-order valence-electron chi connectivity index (χ3n) is 2.18. The van der Waals surface area contributed by atoms with Gasteiger partial charge < -0.3 is 4.74 Å². The molecule has 1 aliphatic rings. The number of ether oxygens (including phenoxy) is 1. The van der Waals surface area contributed by atoms with E-state index in [-0.39, 0.29) is 6.10 Å². The summed E-state index contributed by atoms with van der Waals surface area (Å²) in [4.78, 5) is 0. The number of rotatable bonds is 1. The van der Waals surface area contributed by atoms with E-state index >= 15 is 0 Å². The van der Waals surface area contributed by atoms with Crippen molar-refractivity contribution in [1.82, 2.24) is 0 Å². The van der Waals surface area contributed by atoms with E-state index in [0.717, 1.165) is 13.0 Å². The van der Waals surface area contributed by atoms with Crippen LogP contribution in [0.1, 0.15) is 18.1 Å². The van der Waals surface area contributed by atoms with Gasteiger partial charge in [-0.2, -0.15) is 0 Å². The van der Waals surface area contributed by atoms with E-state index in [4.69, 9.17) is 4.74 Å². The zero-order valence-electron chi connectivity index (χ0n) is 6.99. The molecule has 1 aromatic carbocycles. The van der Waals surface area contributed by atoms with Crippen molar-refractivity contribution in [3.05, 3.63) is 48.0 Å². The molecule has 0 bridgehead atoms. The van der Waals surface area contributed by atoms with Crippen LogP contribution < -0.4 is 0 Å².